The third-order valence-electron chi connectivity index (χ3n) is 3.78. The van der Waals surface area contributed by atoms with Crippen molar-refractivity contribution < 1.29 is 14.2 Å². The summed E-state index contributed by atoms with van der Waals surface area (Å²) >= 11 is 0. The van der Waals surface area contributed by atoms with Crippen LogP contribution in [0.15, 0.2) is 48.7 Å². The van der Waals surface area contributed by atoms with Gasteiger partial charge in [0.1, 0.15) is 31.0 Å². The highest BCUT2D eigenvalue weighted by Crippen LogP contribution is 2.24. The van der Waals surface area contributed by atoms with Gasteiger partial charge in [0.15, 0.2) is 0 Å². The number of aromatic nitrogens is 2. The van der Waals surface area contributed by atoms with Crippen LogP contribution in [0.4, 0.5) is 10.2 Å². The molecule has 0 saturated carbocycles. The van der Waals surface area contributed by atoms with Crippen molar-refractivity contribution in [3.8, 4) is 17.0 Å². The molecule has 3 rings (SSSR count). The summed E-state index contributed by atoms with van der Waals surface area (Å²) in [6.45, 7) is 3.24. The lowest BCUT2D eigenvalue weighted by Gasteiger charge is -2.11. The molecule has 2 N–H and O–H groups in total. The van der Waals surface area contributed by atoms with Crippen LogP contribution < -0.4 is 10.1 Å². The minimum atomic E-state index is -1.10. The molecule has 26 heavy (non-hydrogen) atoms. The number of hydrogen-bond donors (Lipinski definition) is 2. The number of aliphatic hydroxyl groups is 1. The predicted molar refractivity (Wildman–Crippen MR) is 101 cm³/mol. The van der Waals surface area contributed by atoms with Gasteiger partial charge < -0.3 is 15.2 Å². The molecule has 0 spiro atoms. The monoisotopic (exact) mass is 355 g/mol. The first kappa shape index (κ1) is 18.1. The zero-order valence-corrected chi connectivity index (χ0v) is 14.8. The second-order valence-electron chi connectivity index (χ2n) is 6.40. The Morgan fingerprint density at radius 1 is 1.15 bits per heavy atom. The van der Waals surface area contributed by atoms with Crippen molar-refractivity contribution in [1.29, 1.82) is 0 Å². The third-order valence-corrected chi connectivity index (χ3v) is 3.78. The summed E-state index contributed by atoms with van der Waals surface area (Å²) in [6, 6.07) is 13.6. The number of nitrogens with one attached hydrogen (secondary N) is 1. The summed E-state index contributed by atoms with van der Waals surface area (Å²) in [6.07, 6.45) is 0.696. The van der Waals surface area contributed by atoms with Crippen LogP contribution in [0.3, 0.4) is 0 Å². The molecule has 0 aliphatic heterocycles. The van der Waals surface area contributed by atoms with E-state index in [0.717, 1.165) is 28.0 Å². The van der Waals surface area contributed by atoms with E-state index in [2.05, 4.69) is 29.1 Å². The fraction of sp³-hybridized carbons (Fsp3) is 0.300. The summed E-state index contributed by atoms with van der Waals surface area (Å²) in [5.41, 5.74) is 2.60. The first-order valence-electron chi connectivity index (χ1n) is 8.56. The zero-order chi connectivity index (χ0) is 18.5. The van der Waals surface area contributed by atoms with E-state index < -0.39 is 12.8 Å². The number of nitrogens with zero attached hydrogens (tertiary/aromatic N) is 2. The Hall–Kier alpha value is -2.73. The number of ether oxygens (including phenoxy) is 1. The van der Waals surface area contributed by atoms with E-state index in [-0.39, 0.29) is 6.61 Å². The highest BCUT2D eigenvalue weighted by atomic mass is 19.1. The molecule has 3 aromatic rings. The van der Waals surface area contributed by atoms with Crippen molar-refractivity contribution in [1.82, 2.24) is 9.97 Å². The summed E-state index contributed by atoms with van der Waals surface area (Å²) in [4.78, 5) is 9.08. The second-order valence-corrected chi connectivity index (χ2v) is 6.40. The van der Waals surface area contributed by atoms with E-state index in [1.54, 1.807) is 12.3 Å². The largest absolute Gasteiger partial charge is 0.491 e. The number of alkyl halides is 1. The Morgan fingerprint density at radius 2 is 2.00 bits per heavy atom. The molecule has 1 atom stereocenters. The number of benzene rings is 1. The van der Waals surface area contributed by atoms with E-state index in [0.29, 0.717) is 11.8 Å². The van der Waals surface area contributed by atoms with Gasteiger partial charge in [0, 0.05) is 23.2 Å². The standard InChI is InChI=1S/C20H22FN3O2/c1-13(2)23-20-8-4-15(11-22-20)19-6-3-14-9-17(5-7-18(14)24-19)26-12-16(25)10-21/h3-9,11,13,16,25H,10,12H2,1-2H3,(H,22,23). The second kappa shape index (κ2) is 8.10. The summed E-state index contributed by atoms with van der Waals surface area (Å²) in [7, 11) is 0. The maximum atomic E-state index is 12.3. The number of hydrogen-bond acceptors (Lipinski definition) is 5. The van der Waals surface area contributed by atoms with Gasteiger partial charge >= 0.3 is 0 Å². The van der Waals surface area contributed by atoms with Gasteiger partial charge in [-0.25, -0.2) is 14.4 Å². The fourth-order valence-corrected chi connectivity index (χ4v) is 2.52. The Labute approximate surface area is 151 Å². The predicted octanol–water partition coefficient (Wildman–Crippen LogP) is 3.83. The first-order chi connectivity index (χ1) is 12.5. The lowest BCUT2D eigenvalue weighted by atomic mass is 10.1. The Bertz CT molecular complexity index is 869. The van der Waals surface area contributed by atoms with E-state index in [9.17, 15) is 9.50 Å². The molecular formula is C20H22FN3O2. The quantitative estimate of drug-likeness (QED) is 0.674. The van der Waals surface area contributed by atoms with Gasteiger partial charge in [-0.05, 0) is 50.2 Å². The van der Waals surface area contributed by atoms with Crippen molar-refractivity contribution in [3.63, 3.8) is 0 Å². The summed E-state index contributed by atoms with van der Waals surface area (Å²) < 4.78 is 17.7. The van der Waals surface area contributed by atoms with Crippen molar-refractivity contribution in [3.05, 3.63) is 48.7 Å². The lowest BCUT2D eigenvalue weighted by molar-refractivity contribution is 0.0842. The highest BCUT2D eigenvalue weighted by Gasteiger charge is 2.07. The van der Waals surface area contributed by atoms with Crippen LogP contribution >= 0.6 is 0 Å². The van der Waals surface area contributed by atoms with Crippen LogP contribution in [-0.2, 0) is 0 Å². The smallest absolute Gasteiger partial charge is 0.126 e. The number of halogens is 1. The maximum absolute atomic E-state index is 12.3. The van der Waals surface area contributed by atoms with Gasteiger partial charge in [0.25, 0.3) is 0 Å². The number of fused-ring (bicyclic) bond motifs is 1. The highest BCUT2D eigenvalue weighted by molar-refractivity contribution is 5.82. The van der Waals surface area contributed by atoms with Crippen molar-refractivity contribution in [2.45, 2.75) is 26.0 Å². The minimum Gasteiger partial charge on any atom is -0.491 e. The average Bonchev–Trinajstić information content (AvgIpc) is 2.65. The van der Waals surface area contributed by atoms with E-state index >= 15 is 0 Å². The molecule has 0 amide bonds. The minimum absolute atomic E-state index is 0.0735. The third kappa shape index (κ3) is 4.46. The van der Waals surface area contributed by atoms with Crippen LogP contribution in [0.1, 0.15) is 13.8 Å². The van der Waals surface area contributed by atoms with Gasteiger partial charge in [-0.2, -0.15) is 0 Å². The molecule has 0 bridgehead atoms. The van der Waals surface area contributed by atoms with Gasteiger partial charge in [0.2, 0.25) is 0 Å². The lowest BCUT2D eigenvalue weighted by Crippen LogP contribution is -2.19. The molecule has 0 fully saturated rings. The van der Waals surface area contributed by atoms with Crippen molar-refractivity contribution in [2.24, 2.45) is 0 Å². The molecule has 0 saturated heterocycles. The van der Waals surface area contributed by atoms with Crippen molar-refractivity contribution in [2.75, 3.05) is 18.6 Å². The maximum Gasteiger partial charge on any atom is 0.126 e. The van der Waals surface area contributed by atoms with Crippen molar-refractivity contribution >= 4 is 16.7 Å². The molecule has 1 unspecified atom stereocenters. The van der Waals surface area contributed by atoms with Crippen LogP contribution in [0.2, 0.25) is 0 Å². The van der Waals surface area contributed by atoms with Gasteiger partial charge in [0.05, 0.1) is 11.2 Å². The Balaban J connectivity index is 1.78. The normalized spacial score (nSPS) is 12.3. The Kier molecular flexibility index (Phi) is 5.63. The molecule has 2 heterocycles. The van der Waals surface area contributed by atoms with Crippen LogP contribution in [-0.4, -0.2) is 40.5 Å². The van der Waals surface area contributed by atoms with Gasteiger partial charge in [-0.15, -0.1) is 0 Å². The molecule has 6 heteroatoms. The number of anilines is 1. The molecule has 2 aromatic heterocycles. The number of rotatable bonds is 7. The molecular weight excluding hydrogens is 333 g/mol. The number of pyridine rings is 2. The van der Waals surface area contributed by atoms with E-state index in [4.69, 9.17) is 4.74 Å². The average molecular weight is 355 g/mol. The SMILES string of the molecule is CC(C)Nc1ccc(-c2ccc3cc(OCC(O)CF)ccc3n2)cn1. The molecule has 5 nitrogen and oxygen atoms in total. The molecule has 136 valence electrons. The molecule has 0 aliphatic carbocycles. The Morgan fingerprint density at radius 3 is 2.69 bits per heavy atom. The van der Waals surface area contributed by atoms with Gasteiger partial charge in [-0.3, -0.25) is 0 Å². The van der Waals surface area contributed by atoms with Crippen LogP contribution in [0, 0.1) is 0 Å². The summed E-state index contributed by atoms with van der Waals surface area (Å²) in [5, 5.41) is 13.4. The molecule has 0 radical (unpaired) electrons. The topological polar surface area (TPSA) is 67.3 Å². The molecule has 1 aromatic carbocycles. The summed E-state index contributed by atoms with van der Waals surface area (Å²) in [5.74, 6) is 1.41. The first-order valence-corrected chi connectivity index (χ1v) is 8.56. The van der Waals surface area contributed by atoms with Gasteiger partial charge in [-0.1, -0.05) is 6.07 Å². The van der Waals surface area contributed by atoms with Crippen LogP contribution in [0.25, 0.3) is 22.2 Å². The van der Waals surface area contributed by atoms with E-state index in [1.807, 2.05) is 36.4 Å². The fourth-order valence-electron chi connectivity index (χ4n) is 2.52. The number of aliphatic hydroxyl groups excluding tert-OH is 1. The van der Waals surface area contributed by atoms with Crippen LogP contribution in [0.5, 0.6) is 5.75 Å². The zero-order valence-electron chi connectivity index (χ0n) is 14.8. The molecule has 0 aliphatic rings. The van der Waals surface area contributed by atoms with E-state index in [1.165, 1.54) is 0 Å².